The van der Waals surface area contributed by atoms with Gasteiger partial charge in [0.05, 0.1) is 46.2 Å². The lowest BCUT2D eigenvalue weighted by atomic mass is 10.4. The number of cyclic esters (lactones) is 2. The van der Waals surface area contributed by atoms with Gasteiger partial charge in [0.15, 0.2) is 5.66 Å². The predicted molar refractivity (Wildman–Crippen MR) is 127 cm³/mol. The highest BCUT2D eigenvalue weighted by Gasteiger charge is 2.45. The topological polar surface area (TPSA) is 116 Å². The minimum absolute atomic E-state index is 0. The number of carbonyl (C=O) groups is 2. The van der Waals surface area contributed by atoms with Crippen molar-refractivity contribution in [2.24, 2.45) is 0 Å². The molecular formula is C19H39BrO10P2. The van der Waals surface area contributed by atoms with Crippen molar-refractivity contribution < 1.29 is 46.2 Å². The van der Waals surface area contributed by atoms with Crippen LogP contribution in [0.3, 0.4) is 0 Å². The van der Waals surface area contributed by atoms with Crippen molar-refractivity contribution in [3.05, 3.63) is 0 Å². The van der Waals surface area contributed by atoms with Crippen molar-refractivity contribution in [1.82, 2.24) is 0 Å². The molecule has 13 heteroatoms. The van der Waals surface area contributed by atoms with Crippen molar-refractivity contribution in [3.63, 3.8) is 0 Å². The summed E-state index contributed by atoms with van der Waals surface area (Å²) >= 11 is 3.13. The fourth-order valence-electron chi connectivity index (χ4n) is 2.25. The lowest BCUT2D eigenvalue weighted by Crippen LogP contribution is -2.18. The van der Waals surface area contributed by atoms with Gasteiger partial charge in [0.2, 0.25) is 0 Å². The fraction of sp³-hybridized carbons (Fsp3) is 0.895. The second-order valence-electron chi connectivity index (χ2n) is 5.75. The number of esters is 2. The largest absolute Gasteiger partial charge is 0.465 e. The summed E-state index contributed by atoms with van der Waals surface area (Å²) in [5.74, 6) is -0.602. The van der Waals surface area contributed by atoms with E-state index in [0.29, 0.717) is 39.5 Å². The van der Waals surface area contributed by atoms with E-state index < -0.39 is 27.8 Å². The van der Waals surface area contributed by atoms with Gasteiger partial charge in [0.1, 0.15) is 4.83 Å². The quantitative estimate of drug-likeness (QED) is 0.186. The predicted octanol–water partition coefficient (Wildman–Crippen LogP) is 5.22. The zero-order valence-corrected chi connectivity index (χ0v) is 22.2. The van der Waals surface area contributed by atoms with Gasteiger partial charge in [0.25, 0.3) is 0 Å². The van der Waals surface area contributed by atoms with E-state index >= 15 is 0 Å². The van der Waals surface area contributed by atoms with Crippen LogP contribution in [0.1, 0.15) is 54.9 Å². The molecule has 2 heterocycles. The average Bonchev–Trinajstić information content (AvgIpc) is 3.32. The average molecular weight is 569 g/mol. The summed E-state index contributed by atoms with van der Waals surface area (Å²) in [5.41, 5.74) is -0.734. The molecule has 2 unspecified atom stereocenters. The van der Waals surface area contributed by atoms with E-state index in [1.165, 1.54) is 0 Å². The summed E-state index contributed by atoms with van der Waals surface area (Å²) in [6.45, 7) is 12.5. The highest BCUT2D eigenvalue weighted by Crippen LogP contribution is 2.55. The van der Waals surface area contributed by atoms with Crippen LogP contribution < -0.4 is 0 Å². The molecular weight excluding hydrogens is 530 g/mol. The molecule has 2 atom stereocenters. The molecule has 0 aromatic rings. The van der Waals surface area contributed by atoms with Crippen LogP contribution in [0.4, 0.5) is 0 Å². The third kappa shape index (κ3) is 13.6. The van der Waals surface area contributed by atoms with Crippen molar-refractivity contribution in [3.8, 4) is 0 Å². The van der Waals surface area contributed by atoms with Gasteiger partial charge in [-0.25, -0.2) is 0 Å². The number of halogens is 1. The molecule has 0 saturated carbocycles. The number of rotatable bonds is 11. The van der Waals surface area contributed by atoms with Crippen molar-refractivity contribution in [1.29, 1.82) is 0 Å². The van der Waals surface area contributed by atoms with Crippen molar-refractivity contribution >= 4 is 44.1 Å². The summed E-state index contributed by atoms with van der Waals surface area (Å²) in [6.07, 6.45) is 1.23. The van der Waals surface area contributed by atoms with E-state index in [-0.39, 0.29) is 31.4 Å². The zero-order chi connectivity index (χ0) is 23.7. The molecule has 0 aliphatic carbocycles. The van der Waals surface area contributed by atoms with Crippen molar-refractivity contribution in [2.45, 2.75) is 65.4 Å². The van der Waals surface area contributed by atoms with Gasteiger partial charge < -0.3 is 32.1 Å². The maximum atomic E-state index is 12.1. The molecule has 0 aromatic heterocycles. The van der Waals surface area contributed by atoms with Gasteiger partial charge in [-0.15, -0.1) is 0 Å². The van der Waals surface area contributed by atoms with E-state index in [1.54, 1.807) is 13.8 Å². The molecule has 192 valence electrons. The highest BCUT2D eigenvalue weighted by molar-refractivity contribution is 9.10. The minimum Gasteiger partial charge on any atom is -0.465 e. The minimum atomic E-state index is -3.30. The molecule has 0 bridgehead atoms. The molecule has 2 rings (SSSR count). The normalized spacial score (nSPS) is 19.8. The van der Waals surface area contributed by atoms with Gasteiger partial charge in [-0.2, -0.15) is 0 Å². The molecule has 2 fully saturated rings. The Balaban J connectivity index is 0. The number of ether oxygens (including phenoxy) is 2. The Morgan fingerprint density at radius 3 is 1.53 bits per heavy atom. The van der Waals surface area contributed by atoms with E-state index in [2.05, 4.69) is 20.7 Å². The zero-order valence-electron chi connectivity index (χ0n) is 18.9. The summed E-state index contributed by atoms with van der Waals surface area (Å²) in [7, 11) is -4.36. The van der Waals surface area contributed by atoms with Crippen LogP contribution in [0, 0.1) is 0 Å². The van der Waals surface area contributed by atoms with Gasteiger partial charge >= 0.3 is 28.1 Å². The third-order valence-electron chi connectivity index (χ3n) is 3.48. The molecule has 2 aliphatic rings. The van der Waals surface area contributed by atoms with Gasteiger partial charge in [-0.3, -0.25) is 14.2 Å². The Labute approximate surface area is 202 Å². The van der Waals surface area contributed by atoms with Crippen LogP contribution in [-0.2, 0) is 46.2 Å². The Kier molecular flexibility index (Phi) is 21.6. The SMILES string of the molecule is C.CCOP(=O)(OCC)C1CCOC1=O.CCOP(OCC)OCC.O=C1OCCC1Br. The fourth-order valence-corrected chi connectivity index (χ4v) is 5.33. The Hall–Kier alpha value is -0.120. The van der Waals surface area contributed by atoms with Crippen LogP contribution in [0.5, 0.6) is 0 Å². The standard InChI is InChI=1S/C8H15O5P.C6H15O3P.C4H5BrO2.CH4/c1-3-12-14(10,13-4-2)7-5-6-11-8(7)9;1-4-7-10(8-5-2)9-6-3;5-3-1-2-7-4(3)6;/h7H,3-6H2,1-2H3;4-6H2,1-3H3;3H,1-2H2;1H4. The lowest BCUT2D eigenvalue weighted by Gasteiger charge is -2.19. The van der Waals surface area contributed by atoms with Crippen LogP contribution in [0.15, 0.2) is 0 Å². The molecule has 0 N–H and O–H groups in total. The molecule has 2 saturated heterocycles. The monoisotopic (exact) mass is 568 g/mol. The summed E-state index contributed by atoms with van der Waals surface area (Å²) in [6, 6.07) is 0. The summed E-state index contributed by atoms with van der Waals surface area (Å²) < 4.78 is 46.9. The Morgan fingerprint density at radius 2 is 1.28 bits per heavy atom. The molecule has 0 aromatic carbocycles. The third-order valence-corrected chi connectivity index (χ3v) is 8.19. The summed E-state index contributed by atoms with van der Waals surface area (Å²) in [5, 5.41) is 0. The molecule has 10 nitrogen and oxygen atoms in total. The first-order chi connectivity index (χ1) is 14.8. The second kappa shape index (κ2) is 20.3. The maximum absolute atomic E-state index is 12.1. The number of hydrogen-bond acceptors (Lipinski definition) is 10. The van der Waals surface area contributed by atoms with E-state index in [4.69, 9.17) is 27.4 Å². The molecule has 2 aliphatic heterocycles. The van der Waals surface area contributed by atoms with Gasteiger partial charge in [-0.05, 0) is 34.6 Å². The van der Waals surface area contributed by atoms with Crippen LogP contribution >= 0.6 is 32.1 Å². The first-order valence-corrected chi connectivity index (χ1v) is 14.0. The smallest absolute Gasteiger partial charge is 0.345 e. The van der Waals surface area contributed by atoms with E-state index in [9.17, 15) is 14.2 Å². The molecule has 0 amide bonds. The first kappa shape index (κ1) is 34.0. The van der Waals surface area contributed by atoms with E-state index in [0.717, 1.165) is 6.42 Å². The van der Waals surface area contributed by atoms with Crippen LogP contribution in [0.2, 0.25) is 0 Å². The first-order valence-electron chi connectivity index (χ1n) is 10.3. The molecule has 32 heavy (non-hydrogen) atoms. The summed E-state index contributed by atoms with van der Waals surface area (Å²) in [4.78, 5) is 21.5. The second-order valence-corrected chi connectivity index (χ2v) is 10.3. The number of alkyl halides is 1. The van der Waals surface area contributed by atoms with Crippen molar-refractivity contribution in [2.75, 3.05) is 46.2 Å². The van der Waals surface area contributed by atoms with Crippen LogP contribution in [0.25, 0.3) is 0 Å². The number of carbonyl (C=O) groups excluding carboxylic acids is 2. The Bertz CT molecular complexity index is 528. The van der Waals surface area contributed by atoms with Crippen LogP contribution in [-0.4, -0.2) is 68.7 Å². The van der Waals surface area contributed by atoms with E-state index in [1.807, 2.05) is 20.8 Å². The lowest BCUT2D eigenvalue weighted by molar-refractivity contribution is -0.138. The van der Waals surface area contributed by atoms with Gasteiger partial charge in [-0.1, -0.05) is 23.4 Å². The maximum Gasteiger partial charge on any atom is 0.345 e. The number of hydrogen-bond donors (Lipinski definition) is 0. The Morgan fingerprint density at radius 1 is 0.844 bits per heavy atom. The van der Waals surface area contributed by atoms with Gasteiger partial charge in [0, 0.05) is 12.8 Å². The highest BCUT2D eigenvalue weighted by atomic mass is 79.9. The molecule has 0 spiro atoms. The molecule has 0 radical (unpaired) electrons.